The second kappa shape index (κ2) is 10.0. The number of amides is 1. The van der Waals surface area contributed by atoms with Gasteiger partial charge in [-0.2, -0.15) is 4.31 Å². The fraction of sp³-hybridized carbons (Fsp3) is 0.611. The van der Waals surface area contributed by atoms with Crippen molar-refractivity contribution in [3.63, 3.8) is 0 Å². The Kier molecular flexibility index (Phi) is 7.96. The van der Waals surface area contributed by atoms with Crippen molar-refractivity contribution in [2.75, 3.05) is 31.9 Å². The Balaban J connectivity index is 1.43. The number of sulfonamides is 1. The molecule has 0 bridgehead atoms. The molecule has 5 nitrogen and oxygen atoms in total. The van der Waals surface area contributed by atoms with Crippen molar-refractivity contribution in [3.8, 4) is 0 Å². The number of hydrogen-bond donors (Lipinski definition) is 0. The standard InChI is InChI=1S/C18H25BrN2O3S3/c19-15-4-3-6-17(14-15)27(23,24)21-11-9-20(10-12-21)18(22)7-2-1-5-16-8-13-25-26-16/h3-4,6,14,16H,1-2,5,7-13H2/t16-/m0/s1. The zero-order chi connectivity index (χ0) is 19.3. The van der Waals surface area contributed by atoms with Crippen LogP contribution in [0.4, 0.5) is 0 Å². The summed E-state index contributed by atoms with van der Waals surface area (Å²) in [5.74, 6) is 1.41. The molecule has 0 aromatic heterocycles. The minimum atomic E-state index is -3.50. The van der Waals surface area contributed by atoms with Crippen molar-refractivity contribution in [3.05, 3.63) is 28.7 Å². The van der Waals surface area contributed by atoms with Crippen molar-refractivity contribution in [1.82, 2.24) is 9.21 Å². The van der Waals surface area contributed by atoms with Crippen LogP contribution in [0.2, 0.25) is 0 Å². The molecule has 0 radical (unpaired) electrons. The molecule has 0 aliphatic carbocycles. The van der Waals surface area contributed by atoms with Gasteiger partial charge in [-0.05, 0) is 37.5 Å². The van der Waals surface area contributed by atoms with E-state index in [0.717, 1.165) is 22.6 Å². The summed E-state index contributed by atoms with van der Waals surface area (Å²) in [6.07, 6.45) is 5.09. The number of rotatable bonds is 7. The van der Waals surface area contributed by atoms with Crippen LogP contribution in [-0.2, 0) is 14.8 Å². The highest BCUT2D eigenvalue weighted by Gasteiger charge is 2.30. The van der Waals surface area contributed by atoms with Crippen molar-refractivity contribution in [2.24, 2.45) is 0 Å². The van der Waals surface area contributed by atoms with Crippen molar-refractivity contribution < 1.29 is 13.2 Å². The van der Waals surface area contributed by atoms with E-state index < -0.39 is 10.0 Å². The molecular formula is C18H25BrN2O3S3. The highest BCUT2D eigenvalue weighted by molar-refractivity contribution is 9.10. The zero-order valence-electron chi connectivity index (χ0n) is 15.2. The van der Waals surface area contributed by atoms with Gasteiger partial charge >= 0.3 is 0 Å². The third-order valence-corrected chi connectivity index (χ3v) is 10.3. The van der Waals surface area contributed by atoms with Crippen LogP contribution >= 0.6 is 37.5 Å². The summed E-state index contributed by atoms with van der Waals surface area (Å²) >= 11 is 3.32. The molecule has 1 amide bonds. The van der Waals surface area contributed by atoms with Gasteiger partial charge in [0, 0.05) is 48.1 Å². The number of carbonyl (C=O) groups is 1. The molecule has 0 saturated carbocycles. The number of benzene rings is 1. The summed E-state index contributed by atoms with van der Waals surface area (Å²) < 4.78 is 27.7. The van der Waals surface area contributed by atoms with E-state index in [1.54, 1.807) is 24.3 Å². The smallest absolute Gasteiger partial charge is 0.243 e. The topological polar surface area (TPSA) is 57.7 Å². The summed E-state index contributed by atoms with van der Waals surface area (Å²) in [6, 6.07) is 6.76. The Morgan fingerprint density at radius 2 is 1.96 bits per heavy atom. The van der Waals surface area contributed by atoms with E-state index in [2.05, 4.69) is 15.9 Å². The van der Waals surface area contributed by atoms with Crippen LogP contribution in [0.25, 0.3) is 0 Å². The Bertz CT molecular complexity index is 746. The van der Waals surface area contributed by atoms with E-state index in [9.17, 15) is 13.2 Å². The summed E-state index contributed by atoms with van der Waals surface area (Å²) in [5.41, 5.74) is 0. The van der Waals surface area contributed by atoms with E-state index in [-0.39, 0.29) is 5.91 Å². The van der Waals surface area contributed by atoms with Crippen molar-refractivity contribution >= 4 is 53.4 Å². The van der Waals surface area contributed by atoms with Gasteiger partial charge in [-0.3, -0.25) is 4.79 Å². The van der Waals surface area contributed by atoms with Gasteiger partial charge in [-0.1, -0.05) is 50.0 Å². The van der Waals surface area contributed by atoms with Crippen molar-refractivity contribution in [1.29, 1.82) is 0 Å². The average molecular weight is 494 g/mol. The number of nitrogens with zero attached hydrogens (tertiary/aromatic N) is 2. The molecular weight excluding hydrogens is 468 g/mol. The molecule has 2 aliphatic rings. The maximum absolute atomic E-state index is 12.8. The van der Waals surface area contributed by atoms with Gasteiger partial charge in [-0.15, -0.1) is 0 Å². The average Bonchev–Trinajstić information content (AvgIpc) is 3.19. The number of hydrogen-bond acceptors (Lipinski definition) is 5. The summed E-state index contributed by atoms with van der Waals surface area (Å²) in [7, 11) is 0.439. The molecule has 1 atom stereocenters. The van der Waals surface area contributed by atoms with Crippen LogP contribution in [0.3, 0.4) is 0 Å². The van der Waals surface area contributed by atoms with E-state index >= 15 is 0 Å². The molecule has 0 spiro atoms. The van der Waals surface area contributed by atoms with Gasteiger partial charge in [0.05, 0.1) is 4.90 Å². The number of halogens is 1. The molecule has 3 rings (SSSR count). The third kappa shape index (κ3) is 5.88. The SMILES string of the molecule is O=C(CCCC[C@H]1CCSS1)N1CCN(S(=O)(=O)c2cccc(Br)c2)CC1. The molecule has 2 heterocycles. The number of unbranched alkanes of at least 4 members (excludes halogenated alkanes) is 1. The highest BCUT2D eigenvalue weighted by atomic mass is 79.9. The van der Waals surface area contributed by atoms with Crippen LogP contribution < -0.4 is 0 Å². The summed E-state index contributed by atoms with van der Waals surface area (Å²) in [6.45, 7) is 1.66. The molecule has 2 aliphatic heterocycles. The van der Waals surface area contributed by atoms with Crippen molar-refractivity contribution in [2.45, 2.75) is 42.2 Å². The zero-order valence-corrected chi connectivity index (χ0v) is 19.2. The van der Waals surface area contributed by atoms with E-state index in [1.807, 2.05) is 26.5 Å². The molecule has 0 unspecified atom stereocenters. The fourth-order valence-corrected chi connectivity index (χ4v) is 8.37. The largest absolute Gasteiger partial charge is 0.340 e. The number of carbonyl (C=O) groups excluding carboxylic acids is 1. The van der Waals surface area contributed by atoms with Crippen LogP contribution in [-0.4, -0.2) is 60.7 Å². The molecule has 2 fully saturated rings. The second-order valence-corrected chi connectivity index (χ2v) is 12.5. The third-order valence-electron chi connectivity index (χ3n) is 4.92. The molecule has 1 aromatic carbocycles. The molecule has 0 N–H and O–H groups in total. The Hall–Kier alpha value is -0.220. The Morgan fingerprint density at radius 3 is 2.63 bits per heavy atom. The predicted octanol–water partition coefficient (Wildman–Crippen LogP) is 4.00. The first kappa shape index (κ1) is 21.5. The monoisotopic (exact) mass is 492 g/mol. The lowest BCUT2D eigenvalue weighted by molar-refractivity contribution is -0.132. The Morgan fingerprint density at radius 1 is 1.19 bits per heavy atom. The molecule has 9 heteroatoms. The van der Waals surface area contributed by atoms with Gasteiger partial charge in [0.15, 0.2) is 0 Å². The second-order valence-electron chi connectivity index (χ2n) is 6.82. The quantitative estimate of drug-likeness (QED) is 0.425. The van der Waals surface area contributed by atoms with E-state index in [1.165, 1.54) is 22.9 Å². The van der Waals surface area contributed by atoms with Crippen LogP contribution in [0.15, 0.2) is 33.6 Å². The van der Waals surface area contributed by atoms with Gasteiger partial charge < -0.3 is 4.90 Å². The number of piperazine rings is 1. The van der Waals surface area contributed by atoms with E-state index in [0.29, 0.717) is 37.5 Å². The lowest BCUT2D eigenvalue weighted by Gasteiger charge is -2.34. The molecule has 27 heavy (non-hydrogen) atoms. The first-order valence-corrected chi connectivity index (χ1v) is 13.9. The first-order chi connectivity index (χ1) is 13.0. The van der Waals surface area contributed by atoms with E-state index in [4.69, 9.17) is 0 Å². The van der Waals surface area contributed by atoms with Crippen LogP contribution in [0, 0.1) is 0 Å². The van der Waals surface area contributed by atoms with Crippen LogP contribution in [0.1, 0.15) is 32.1 Å². The summed E-state index contributed by atoms with van der Waals surface area (Å²) in [4.78, 5) is 14.5. The van der Waals surface area contributed by atoms with Crippen LogP contribution in [0.5, 0.6) is 0 Å². The minimum Gasteiger partial charge on any atom is -0.340 e. The maximum atomic E-state index is 12.8. The summed E-state index contributed by atoms with van der Waals surface area (Å²) in [5, 5.41) is 0.761. The van der Waals surface area contributed by atoms with Gasteiger partial charge in [0.25, 0.3) is 0 Å². The molecule has 150 valence electrons. The highest BCUT2D eigenvalue weighted by Crippen LogP contribution is 2.39. The lowest BCUT2D eigenvalue weighted by atomic mass is 10.1. The molecule has 2 saturated heterocycles. The van der Waals surface area contributed by atoms with Gasteiger partial charge in [0.1, 0.15) is 0 Å². The first-order valence-electron chi connectivity index (χ1n) is 9.28. The predicted molar refractivity (Wildman–Crippen MR) is 116 cm³/mol. The van der Waals surface area contributed by atoms with Gasteiger partial charge in [-0.25, -0.2) is 8.42 Å². The minimum absolute atomic E-state index is 0.156. The maximum Gasteiger partial charge on any atom is 0.243 e. The normalized spacial score (nSPS) is 21.5. The fourth-order valence-electron chi connectivity index (χ4n) is 3.33. The Labute approximate surface area is 178 Å². The molecule has 1 aromatic rings. The lowest BCUT2D eigenvalue weighted by Crippen LogP contribution is -2.50. The van der Waals surface area contributed by atoms with Gasteiger partial charge in [0.2, 0.25) is 15.9 Å².